The van der Waals surface area contributed by atoms with E-state index in [9.17, 15) is 19.2 Å². The average molecular weight is 491 g/mol. The molecule has 1 saturated heterocycles. The third kappa shape index (κ3) is 3.87. The predicted molar refractivity (Wildman–Crippen MR) is 133 cm³/mol. The second kappa shape index (κ2) is 9.16. The highest BCUT2D eigenvalue weighted by atomic mass is 16.5. The van der Waals surface area contributed by atoms with Crippen LogP contribution in [0.2, 0.25) is 0 Å². The Morgan fingerprint density at radius 3 is 2.14 bits per heavy atom. The van der Waals surface area contributed by atoms with Gasteiger partial charge < -0.3 is 10.1 Å². The van der Waals surface area contributed by atoms with Gasteiger partial charge in [-0.25, -0.2) is 4.79 Å². The van der Waals surface area contributed by atoms with E-state index in [-0.39, 0.29) is 59.3 Å². The van der Waals surface area contributed by atoms with E-state index in [0.717, 1.165) is 12.8 Å². The zero-order valence-electron chi connectivity index (χ0n) is 20.7. The normalized spacial score (nSPS) is 35.9. The van der Waals surface area contributed by atoms with Crippen LogP contribution < -0.4 is 5.32 Å². The van der Waals surface area contributed by atoms with Crippen molar-refractivity contribution in [2.75, 3.05) is 11.9 Å². The number of rotatable bonds is 7. The van der Waals surface area contributed by atoms with Gasteiger partial charge in [0, 0.05) is 17.6 Å². The van der Waals surface area contributed by atoms with Gasteiger partial charge in [-0.05, 0) is 86.5 Å². The number of esters is 1. The maximum atomic E-state index is 13.4. The van der Waals surface area contributed by atoms with Crippen molar-refractivity contribution in [1.82, 2.24) is 4.90 Å². The van der Waals surface area contributed by atoms with Gasteiger partial charge >= 0.3 is 5.97 Å². The second-order valence-electron chi connectivity index (χ2n) is 11.3. The minimum atomic E-state index is -0.355. The van der Waals surface area contributed by atoms with Crippen LogP contribution in [0.15, 0.2) is 36.4 Å². The summed E-state index contributed by atoms with van der Waals surface area (Å²) in [6.07, 6.45) is 10.0. The maximum Gasteiger partial charge on any atom is 0.338 e. The smallest absolute Gasteiger partial charge is 0.338 e. The third-order valence-electron chi connectivity index (χ3n) is 9.25. The van der Waals surface area contributed by atoms with Gasteiger partial charge in [0.25, 0.3) is 0 Å². The molecule has 3 saturated carbocycles. The number of amides is 3. The number of hydrogen-bond donors (Lipinski definition) is 1. The van der Waals surface area contributed by atoms with Crippen molar-refractivity contribution in [3.05, 3.63) is 42.0 Å². The van der Waals surface area contributed by atoms with Crippen molar-refractivity contribution in [1.29, 1.82) is 0 Å². The Bertz CT molecular complexity index is 1070. The molecule has 7 rings (SSSR count). The quantitative estimate of drug-likeness (QED) is 0.268. The summed E-state index contributed by atoms with van der Waals surface area (Å²) in [4.78, 5) is 53.3. The summed E-state index contributed by atoms with van der Waals surface area (Å²) < 4.78 is 5.22. The largest absolute Gasteiger partial charge is 0.462 e. The van der Waals surface area contributed by atoms with E-state index >= 15 is 0 Å². The first-order valence-electron chi connectivity index (χ1n) is 13.6. The van der Waals surface area contributed by atoms with E-state index < -0.39 is 0 Å². The summed E-state index contributed by atoms with van der Waals surface area (Å²) in [5, 5.41) is 2.96. The minimum absolute atomic E-state index is 0.0379. The van der Waals surface area contributed by atoms with Crippen LogP contribution in [0.5, 0.6) is 0 Å². The van der Waals surface area contributed by atoms with Gasteiger partial charge in [0.1, 0.15) is 0 Å². The molecule has 1 aromatic rings. The van der Waals surface area contributed by atoms with E-state index in [1.165, 1.54) is 6.42 Å². The molecule has 7 heteroatoms. The number of allylic oxidation sites excluding steroid dienone is 2. The molecule has 36 heavy (non-hydrogen) atoms. The number of anilines is 1. The SMILES string of the molecule is CCCCOC(=O)c1ccc(NC(=O)C2CCC(N3C(=O)[C@@H]4[C@H]5C=C[C@@H]([C@@H]6C[C@H]56)[C@H]4C3=O)CC2)cc1. The topological polar surface area (TPSA) is 92.8 Å². The zero-order valence-corrected chi connectivity index (χ0v) is 20.7. The Balaban J connectivity index is 1.02. The first kappa shape index (κ1) is 23.4. The van der Waals surface area contributed by atoms with Crippen LogP contribution in [0.4, 0.5) is 5.69 Å². The molecular weight excluding hydrogens is 456 g/mol. The molecule has 4 fully saturated rings. The standard InChI is InChI=1S/C29H34N2O5/c1-2-3-14-36-29(35)17-4-8-18(9-5-17)30-26(32)16-6-10-19(11-7-16)31-27(33)24-20-12-13-21(23-15-22(20)23)25(24)28(31)34/h4-5,8-9,12-13,16,19-25H,2-3,6-7,10-11,14-15H2,1H3,(H,30,32)/t16?,19?,20-,21-,22-,23+,24+,25+/m0/s1. The average Bonchev–Trinajstić information content (AvgIpc) is 3.67. The molecular formula is C29H34N2O5. The third-order valence-corrected chi connectivity index (χ3v) is 9.25. The molecule has 2 bridgehead atoms. The molecule has 1 heterocycles. The molecule has 6 aliphatic rings. The lowest BCUT2D eigenvalue weighted by Gasteiger charge is -2.37. The lowest BCUT2D eigenvalue weighted by atomic mass is 9.63. The highest BCUT2D eigenvalue weighted by Crippen LogP contribution is 2.65. The monoisotopic (exact) mass is 490 g/mol. The number of nitrogens with zero attached hydrogens (tertiary/aromatic N) is 1. The van der Waals surface area contributed by atoms with Gasteiger partial charge in [0.2, 0.25) is 17.7 Å². The molecule has 1 aromatic carbocycles. The van der Waals surface area contributed by atoms with Crippen LogP contribution in [-0.4, -0.2) is 41.2 Å². The summed E-state index contributed by atoms with van der Waals surface area (Å²) in [5.41, 5.74) is 1.11. The molecule has 5 aliphatic carbocycles. The lowest BCUT2D eigenvalue weighted by molar-refractivity contribution is -0.144. The Morgan fingerprint density at radius 1 is 0.944 bits per heavy atom. The summed E-state index contributed by atoms with van der Waals surface area (Å²) >= 11 is 0. The van der Waals surface area contributed by atoms with E-state index in [1.54, 1.807) is 29.2 Å². The number of hydrogen-bond acceptors (Lipinski definition) is 5. The van der Waals surface area contributed by atoms with Crippen molar-refractivity contribution < 1.29 is 23.9 Å². The molecule has 0 aromatic heterocycles. The van der Waals surface area contributed by atoms with Gasteiger partial charge in [-0.1, -0.05) is 25.5 Å². The van der Waals surface area contributed by atoms with Crippen molar-refractivity contribution in [3.8, 4) is 0 Å². The zero-order chi connectivity index (χ0) is 25.0. The second-order valence-corrected chi connectivity index (χ2v) is 11.3. The first-order valence-corrected chi connectivity index (χ1v) is 13.6. The molecule has 6 atom stereocenters. The van der Waals surface area contributed by atoms with E-state index in [0.29, 0.717) is 55.4 Å². The Kier molecular flexibility index (Phi) is 5.97. The fraction of sp³-hybridized carbons (Fsp3) is 0.586. The van der Waals surface area contributed by atoms with Crippen LogP contribution in [0.3, 0.4) is 0 Å². The van der Waals surface area contributed by atoms with Gasteiger partial charge in [-0.3, -0.25) is 19.3 Å². The Labute approximate surface area is 211 Å². The van der Waals surface area contributed by atoms with E-state index in [2.05, 4.69) is 17.5 Å². The first-order chi connectivity index (χ1) is 17.5. The maximum absolute atomic E-state index is 13.4. The predicted octanol–water partition coefficient (Wildman–Crippen LogP) is 4.19. The van der Waals surface area contributed by atoms with Gasteiger partial charge in [-0.2, -0.15) is 0 Å². The number of carbonyl (C=O) groups excluding carboxylic acids is 4. The van der Waals surface area contributed by atoms with E-state index in [1.807, 2.05) is 6.92 Å². The molecule has 190 valence electrons. The summed E-state index contributed by atoms with van der Waals surface area (Å²) in [6.45, 7) is 2.45. The number of benzene rings is 1. The van der Waals surface area contributed by atoms with Crippen molar-refractivity contribution in [3.63, 3.8) is 0 Å². The Hall–Kier alpha value is -2.96. The highest BCUT2D eigenvalue weighted by Gasteiger charge is 2.67. The fourth-order valence-electron chi connectivity index (χ4n) is 7.26. The van der Waals surface area contributed by atoms with Gasteiger partial charge in [0.05, 0.1) is 24.0 Å². The molecule has 1 N–H and O–H groups in total. The van der Waals surface area contributed by atoms with E-state index in [4.69, 9.17) is 4.74 Å². The van der Waals surface area contributed by atoms with Crippen molar-refractivity contribution >= 4 is 29.4 Å². The highest BCUT2D eigenvalue weighted by molar-refractivity contribution is 6.06. The molecule has 7 nitrogen and oxygen atoms in total. The molecule has 0 spiro atoms. The summed E-state index contributed by atoms with van der Waals surface area (Å²) in [6, 6.07) is 6.67. The Morgan fingerprint density at radius 2 is 1.56 bits per heavy atom. The van der Waals surface area contributed by atoms with Crippen molar-refractivity contribution in [2.45, 2.75) is 57.9 Å². The number of ether oxygens (including phenoxy) is 1. The minimum Gasteiger partial charge on any atom is -0.462 e. The number of imide groups is 1. The van der Waals surface area contributed by atoms with Gasteiger partial charge in [0.15, 0.2) is 0 Å². The summed E-state index contributed by atoms with van der Waals surface area (Å²) in [7, 11) is 0. The molecule has 0 unspecified atom stereocenters. The number of unbranched alkanes of at least 4 members (excludes halogenated alkanes) is 1. The van der Waals surface area contributed by atoms with Crippen LogP contribution in [-0.2, 0) is 19.1 Å². The van der Waals surface area contributed by atoms with Crippen LogP contribution in [0.25, 0.3) is 0 Å². The lowest BCUT2D eigenvalue weighted by Crippen LogP contribution is -2.44. The number of likely N-dealkylation sites (tertiary alicyclic amines) is 1. The molecule has 3 amide bonds. The molecule has 1 aliphatic heterocycles. The van der Waals surface area contributed by atoms with Crippen LogP contribution in [0.1, 0.15) is 62.2 Å². The number of carbonyl (C=O) groups is 4. The molecule has 0 radical (unpaired) electrons. The number of nitrogens with one attached hydrogen (secondary N) is 1. The van der Waals surface area contributed by atoms with Crippen LogP contribution >= 0.6 is 0 Å². The van der Waals surface area contributed by atoms with Crippen molar-refractivity contribution in [2.24, 2.45) is 41.4 Å². The summed E-state index contributed by atoms with van der Waals surface area (Å²) in [5.74, 6) is 0.932. The fourth-order valence-corrected chi connectivity index (χ4v) is 7.26. The van der Waals surface area contributed by atoms with Gasteiger partial charge in [-0.15, -0.1) is 0 Å². The van der Waals surface area contributed by atoms with Crippen LogP contribution in [0, 0.1) is 41.4 Å².